The molecule has 4 heterocycles. The standard InChI is InChI=1S/C29H38FN5O3.ClH/c1-20-15-34(25(14-31-20)16-33-9-10-37-18-21(33)2)17-27(36)35-26-12-23(11-22-3-5-24(30)6-4-22)13-32-28(26)38-19-29(35)7-8-29;/h3-6,12-13,20-21,25,31H,7-11,14-19H2,1-2H3;1H/t20-,21-,25-;/m1./s1. The number of morpholine rings is 1. The number of nitrogens with zero attached hydrogens (tertiary/aromatic N) is 4. The maximum atomic E-state index is 14.1. The molecule has 2 saturated heterocycles. The third-order valence-corrected chi connectivity index (χ3v) is 8.50. The predicted molar refractivity (Wildman–Crippen MR) is 150 cm³/mol. The van der Waals surface area contributed by atoms with Crippen molar-refractivity contribution in [3.8, 4) is 5.88 Å². The minimum absolute atomic E-state index is 0. The summed E-state index contributed by atoms with van der Waals surface area (Å²) >= 11 is 0. The molecule has 39 heavy (non-hydrogen) atoms. The molecule has 8 nitrogen and oxygen atoms in total. The summed E-state index contributed by atoms with van der Waals surface area (Å²) in [4.78, 5) is 25.5. The summed E-state index contributed by atoms with van der Waals surface area (Å²) in [6, 6.07) is 9.54. The van der Waals surface area contributed by atoms with Crippen LogP contribution >= 0.6 is 12.4 Å². The fourth-order valence-electron chi connectivity index (χ4n) is 6.08. The van der Waals surface area contributed by atoms with Gasteiger partial charge < -0.3 is 14.8 Å². The quantitative estimate of drug-likeness (QED) is 0.584. The zero-order valence-electron chi connectivity index (χ0n) is 22.8. The molecule has 3 fully saturated rings. The Labute approximate surface area is 236 Å². The summed E-state index contributed by atoms with van der Waals surface area (Å²) in [5, 5.41) is 3.62. The van der Waals surface area contributed by atoms with E-state index >= 15 is 0 Å². The van der Waals surface area contributed by atoms with Gasteiger partial charge >= 0.3 is 0 Å². The highest BCUT2D eigenvalue weighted by Gasteiger charge is 2.55. The van der Waals surface area contributed by atoms with Gasteiger partial charge in [-0.05, 0) is 62.4 Å². The molecule has 10 heteroatoms. The Bertz CT molecular complexity index is 1160. The van der Waals surface area contributed by atoms with E-state index in [9.17, 15) is 9.18 Å². The lowest BCUT2D eigenvalue weighted by Crippen LogP contribution is -2.63. The van der Waals surface area contributed by atoms with Crippen molar-refractivity contribution >= 4 is 24.0 Å². The Hall–Kier alpha value is -2.30. The van der Waals surface area contributed by atoms with E-state index in [1.165, 1.54) is 12.1 Å². The van der Waals surface area contributed by atoms with E-state index in [0.29, 0.717) is 37.5 Å². The fourth-order valence-corrected chi connectivity index (χ4v) is 6.08. The van der Waals surface area contributed by atoms with Gasteiger partial charge in [0.2, 0.25) is 11.8 Å². The van der Waals surface area contributed by atoms with E-state index in [1.807, 2.05) is 11.0 Å². The minimum Gasteiger partial charge on any atom is -0.474 e. The van der Waals surface area contributed by atoms with E-state index < -0.39 is 0 Å². The van der Waals surface area contributed by atoms with Crippen molar-refractivity contribution < 1.29 is 18.7 Å². The Morgan fingerprint density at radius 3 is 2.72 bits per heavy atom. The Morgan fingerprint density at radius 1 is 1.18 bits per heavy atom. The maximum absolute atomic E-state index is 14.1. The average molecular weight is 560 g/mol. The number of carbonyl (C=O) groups is 1. The van der Waals surface area contributed by atoms with Gasteiger partial charge in [-0.3, -0.25) is 19.5 Å². The van der Waals surface area contributed by atoms with E-state index in [2.05, 4.69) is 33.9 Å². The molecule has 212 valence electrons. The SMILES string of the molecule is C[C@@H]1CN(CC(=O)N2c3cc(Cc4ccc(F)cc4)cnc3OCC23CC3)[C@@H](CN2CCOC[C@H]2C)CN1.Cl. The molecule has 1 spiro atoms. The Balaban J connectivity index is 0.00000308. The van der Waals surface area contributed by atoms with Gasteiger partial charge in [-0.2, -0.15) is 0 Å². The summed E-state index contributed by atoms with van der Waals surface area (Å²) < 4.78 is 25.1. The van der Waals surface area contributed by atoms with Gasteiger partial charge in [-0.1, -0.05) is 12.1 Å². The molecular formula is C29H39ClFN5O3. The highest BCUT2D eigenvalue weighted by Crippen LogP contribution is 2.50. The van der Waals surface area contributed by atoms with Crippen molar-refractivity contribution in [2.45, 2.75) is 56.8 Å². The summed E-state index contributed by atoms with van der Waals surface area (Å²) in [6.07, 6.45) is 4.29. The number of piperazine rings is 1. The lowest BCUT2D eigenvalue weighted by molar-refractivity contribution is -0.122. The van der Waals surface area contributed by atoms with E-state index in [0.717, 1.165) is 69.0 Å². The second kappa shape index (κ2) is 11.7. The smallest absolute Gasteiger partial charge is 0.241 e. The summed E-state index contributed by atoms with van der Waals surface area (Å²) in [5.41, 5.74) is 2.47. The Kier molecular flexibility index (Phi) is 8.45. The molecule has 3 aliphatic heterocycles. The highest BCUT2D eigenvalue weighted by molar-refractivity contribution is 5.98. The number of ether oxygens (including phenoxy) is 2. The number of hydrogen-bond acceptors (Lipinski definition) is 7. The van der Waals surface area contributed by atoms with Crippen LogP contribution in [0.25, 0.3) is 0 Å². The fraction of sp³-hybridized carbons (Fsp3) is 0.586. The van der Waals surface area contributed by atoms with Crippen molar-refractivity contribution in [3.05, 3.63) is 53.5 Å². The van der Waals surface area contributed by atoms with E-state index in [4.69, 9.17) is 9.47 Å². The summed E-state index contributed by atoms with van der Waals surface area (Å²) in [7, 11) is 0. The number of aromatic nitrogens is 1. The number of carbonyl (C=O) groups excluding carboxylic acids is 1. The number of rotatable bonds is 6. The van der Waals surface area contributed by atoms with Crippen molar-refractivity contribution in [1.82, 2.24) is 20.1 Å². The predicted octanol–water partition coefficient (Wildman–Crippen LogP) is 2.87. The lowest BCUT2D eigenvalue weighted by atomic mass is 10.0. The molecule has 1 saturated carbocycles. The largest absolute Gasteiger partial charge is 0.474 e. The number of fused-ring (bicyclic) bond motifs is 1. The lowest BCUT2D eigenvalue weighted by Gasteiger charge is -2.44. The molecule has 1 amide bonds. The van der Waals surface area contributed by atoms with Crippen LogP contribution in [0.4, 0.5) is 10.1 Å². The second-order valence-electron chi connectivity index (χ2n) is 11.5. The van der Waals surface area contributed by atoms with Crippen LogP contribution in [0.1, 0.15) is 37.8 Å². The number of pyridine rings is 1. The molecule has 1 aromatic heterocycles. The van der Waals surface area contributed by atoms with Crippen molar-refractivity contribution in [2.24, 2.45) is 0 Å². The number of anilines is 1. The van der Waals surface area contributed by atoms with Crippen molar-refractivity contribution in [2.75, 3.05) is 57.4 Å². The number of amides is 1. The zero-order valence-corrected chi connectivity index (χ0v) is 23.6. The third-order valence-electron chi connectivity index (χ3n) is 8.50. The van der Waals surface area contributed by atoms with Gasteiger partial charge in [0.1, 0.15) is 18.1 Å². The van der Waals surface area contributed by atoms with Crippen LogP contribution in [0.2, 0.25) is 0 Å². The van der Waals surface area contributed by atoms with Crippen LogP contribution in [0.3, 0.4) is 0 Å². The number of benzene rings is 1. The van der Waals surface area contributed by atoms with Crippen molar-refractivity contribution in [1.29, 1.82) is 0 Å². The first-order valence-corrected chi connectivity index (χ1v) is 13.9. The molecule has 0 radical (unpaired) electrons. The molecular weight excluding hydrogens is 521 g/mol. The molecule has 6 rings (SSSR count). The van der Waals surface area contributed by atoms with Crippen LogP contribution in [0.15, 0.2) is 36.5 Å². The van der Waals surface area contributed by atoms with Crippen LogP contribution in [0.5, 0.6) is 5.88 Å². The molecule has 0 bridgehead atoms. The monoisotopic (exact) mass is 559 g/mol. The molecule has 1 N–H and O–H groups in total. The first kappa shape index (κ1) is 28.2. The van der Waals surface area contributed by atoms with E-state index in [1.54, 1.807) is 18.3 Å². The number of hydrogen-bond donors (Lipinski definition) is 1. The van der Waals surface area contributed by atoms with Crippen LogP contribution in [0, 0.1) is 5.82 Å². The second-order valence-corrected chi connectivity index (χ2v) is 11.5. The normalized spacial score (nSPS) is 26.4. The highest BCUT2D eigenvalue weighted by atomic mass is 35.5. The third kappa shape index (κ3) is 6.07. The molecule has 1 aromatic carbocycles. The number of nitrogens with one attached hydrogen (secondary N) is 1. The zero-order chi connectivity index (χ0) is 26.3. The van der Waals surface area contributed by atoms with Crippen LogP contribution in [-0.2, 0) is 16.0 Å². The maximum Gasteiger partial charge on any atom is 0.241 e. The number of halogens is 2. The Morgan fingerprint density at radius 2 is 1.97 bits per heavy atom. The van der Waals surface area contributed by atoms with Crippen LogP contribution in [-0.4, -0.2) is 96.9 Å². The first-order chi connectivity index (χ1) is 18.4. The minimum atomic E-state index is -0.270. The molecule has 2 aromatic rings. The molecule has 4 aliphatic rings. The molecule has 0 unspecified atom stereocenters. The topological polar surface area (TPSA) is 70.2 Å². The average Bonchev–Trinajstić information content (AvgIpc) is 3.67. The van der Waals surface area contributed by atoms with Crippen LogP contribution < -0.4 is 15.0 Å². The summed E-state index contributed by atoms with van der Waals surface area (Å²) in [6.45, 7) is 10.3. The first-order valence-electron chi connectivity index (χ1n) is 13.9. The van der Waals surface area contributed by atoms with Gasteiger partial charge in [-0.15, -0.1) is 12.4 Å². The van der Waals surface area contributed by atoms with Gasteiger partial charge in [0, 0.05) is 50.5 Å². The van der Waals surface area contributed by atoms with E-state index in [-0.39, 0.29) is 35.7 Å². The van der Waals surface area contributed by atoms with Gasteiger partial charge in [0.25, 0.3) is 0 Å². The van der Waals surface area contributed by atoms with Gasteiger partial charge in [0.05, 0.1) is 25.3 Å². The summed E-state index contributed by atoms with van der Waals surface area (Å²) in [5.74, 6) is 0.384. The van der Waals surface area contributed by atoms with Gasteiger partial charge in [-0.25, -0.2) is 9.37 Å². The van der Waals surface area contributed by atoms with Gasteiger partial charge in [0.15, 0.2) is 0 Å². The molecule has 3 atom stereocenters. The van der Waals surface area contributed by atoms with Crippen molar-refractivity contribution in [3.63, 3.8) is 0 Å². The molecule has 1 aliphatic carbocycles.